The monoisotopic (exact) mass is 387 g/mol. The van der Waals surface area contributed by atoms with Crippen molar-refractivity contribution in [1.82, 2.24) is 0 Å². The van der Waals surface area contributed by atoms with Gasteiger partial charge in [0.1, 0.15) is 0 Å². The number of benzene rings is 2. The second-order valence-electron chi connectivity index (χ2n) is 5.32. The Kier molecular flexibility index (Phi) is 6.32. The summed E-state index contributed by atoms with van der Waals surface area (Å²) in [5, 5.41) is 2.71. The summed E-state index contributed by atoms with van der Waals surface area (Å²) in [6, 6.07) is 14.9. The van der Waals surface area contributed by atoms with Gasteiger partial charge in [0.2, 0.25) is 0 Å². The van der Waals surface area contributed by atoms with E-state index in [9.17, 15) is 9.59 Å². The minimum absolute atomic E-state index is 0.372. The van der Waals surface area contributed by atoms with E-state index in [1.54, 1.807) is 18.2 Å². The number of carbonyl (C=O) groups excluding carboxylic acids is 2. The molecular formula is C19H18BrNO3. The van der Waals surface area contributed by atoms with Crippen molar-refractivity contribution < 1.29 is 14.3 Å². The number of esters is 1. The fourth-order valence-corrected chi connectivity index (χ4v) is 2.34. The predicted molar refractivity (Wildman–Crippen MR) is 98.5 cm³/mol. The van der Waals surface area contributed by atoms with E-state index in [2.05, 4.69) is 21.2 Å². The molecular weight excluding hydrogens is 370 g/mol. The topological polar surface area (TPSA) is 55.4 Å². The Morgan fingerprint density at radius 2 is 1.88 bits per heavy atom. The number of rotatable bonds is 5. The Labute approximate surface area is 149 Å². The molecule has 0 heterocycles. The van der Waals surface area contributed by atoms with E-state index < -0.39 is 12.1 Å². The number of halogens is 1. The lowest BCUT2D eigenvalue weighted by Gasteiger charge is -2.12. The molecule has 2 rings (SSSR count). The zero-order valence-corrected chi connectivity index (χ0v) is 15.0. The lowest BCUT2D eigenvalue weighted by molar-refractivity contribution is -0.148. The number of anilines is 1. The molecule has 0 aliphatic rings. The molecule has 0 fully saturated rings. The standard InChI is InChI=1S/C19H18BrNO3/c1-13-6-9-17(10-7-13)21-19(23)14(2)24-18(22)11-8-15-4-3-5-16(20)12-15/h3-12,14H,1-2H3,(H,21,23)/b11-8+/t14-/m1/s1. The molecule has 0 aromatic heterocycles. The average Bonchev–Trinajstić information content (AvgIpc) is 2.55. The van der Waals surface area contributed by atoms with Crippen molar-refractivity contribution in [2.24, 2.45) is 0 Å². The van der Waals surface area contributed by atoms with Gasteiger partial charge < -0.3 is 10.1 Å². The van der Waals surface area contributed by atoms with E-state index in [0.717, 1.165) is 15.6 Å². The molecule has 2 aromatic carbocycles. The van der Waals surface area contributed by atoms with Crippen LogP contribution in [0.15, 0.2) is 59.1 Å². The normalized spacial score (nSPS) is 12.0. The summed E-state index contributed by atoms with van der Waals surface area (Å²) in [6.07, 6.45) is 2.06. The SMILES string of the molecule is Cc1ccc(NC(=O)[C@@H](C)OC(=O)/C=C/c2cccc(Br)c2)cc1. The van der Waals surface area contributed by atoms with Gasteiger partial charge in [-0.15, -0.1) is 0 Å². The van der Waals surface area contributed by atoms with Crippen LogP contribution in [0.25, 0.3) is 6.08 Å². The third-order valence-electron chi connectivity index (χ3n) is 3.24. The second-order valence-corrected chi connectivity index (χ2v) is 6.24. The first-order chi connectivity index (χ1) is 11.4. The van der Waals surface area contributed by atoms with Crippen molar-refractivity contribution in [2.75, 3.05) is 5.32 Å². The lowest BCUT2D eigenvalue weighted by atomic mass is 10.2. The molecule has 1 amide bonds. The van der Waals surface area contributed by atoms with Crippen LogP contribution in [0.4, 0.5) is 5.69 Å². The van der Waals surface area contributed by atoms with Crippen LogP contribution >= 0.6 is 15.9 Å². The molecule has 5 heteroatoms. The molecule has 24 heavy (non-hydrogen) atoms. The van der Waals surface area contributed by atoms with Crippen molar-refractivity contribution in [3.8, 4) is 0 Å². The summed E-state index contributed by atoms with van der Waals surface area (Å²) in [5.74, 6) is -0.940. The van der Waals surface area contributed by atoms with Crippen molar-refractivity contribution in [3.05, 3.63) is 70.2 Å². The number of nitrogens with one attached hydrogen (secondary N) is 1. The minimum atomic E-state index is -0.883. The summed E-state index contributed by atoms with van der Waals surface area (Å²) < 4.78 is 6.03. The smallest absolute Gasteiger partial charge is 0.331 e. The number of amides is 1. The van der Waals surface area contributed by atoms with Crippen LogP contribution in [0.1, 0.15) is 18.1 Å². The highest BCUT2D eigenvalue weighted by molar-refractivity contribution is 9.10. The van der Waals surface area contributed by atoms with Crippen molar-refractivity contribution in [3.63, 3.8) is 0 Å². The number of hydrogen-bond acceptors (Lipinski definition) is 3. The number of carbonyl (C=O) groups is 2. The van der Waals surface area contributed by atoms with Crippen molar-refractivity contribution >= 4 is 39.6 Å². The van der Waals surface area contributed by atoms with Crippen LogP contribution in [-0.4, -0.2) is 18.0 Å². The van der Waals surface area contributed by atoms with E-state index in [1.165, 1.54) is 13.0 Å². The number of ether oxygens (including phenoxy) is 1. The maximum Gasteiger partial charge on any atom is 0.331 e. The van der Waals surface area contributed by atoms with Gasteiger partial charge >= 0.3 is 5.97 Å². The Morgan fingerprint density at radius 1 is 1.17 bits per heavy atom. The molecule has 1 N–H and O–H groups in total. The predicted octanol–water partition coefficient (Wildman–Crippen LogP) is 4.34. The van der Waals surface area contributed by atoms with Gasteiger partial charge in [-0.2, -0.15) is 0 Å². The summed E-state index contributed by atoms with van der Waals surface area (Å²) >= 11 is 3.36. The second kappa shape index (κ2) is 8.45. The molecule has 0 saturated heterocycles. The molecule has 0 radical (unpaired) electrons. The molecule has 0 saturated carbocycles. The summed E-state index contributed by atoms with van der Waals surface area (Å²) in [6.45, 7) is 3.50. The third kappa shape index (κ3) is 5.66. The number of aryl methyl sites for hydroxylation is 1. The van der Waals surface area contributed by atoms with Gasteiger partial charge in [0.25, 0.3) is 5.91 Å². The van der Waals surface area contributed by atoms with Crippen LogP contribution in [0.5, 0.6) is 0 Å². The maximum atomic E-state index is 12.0. The van der Waals surface area contributed by atoms with Crippen LogP contribution in [0.2, 0.25) is 0 Å². The molecule has 2 aromatic rings. The maximum absolute atomic E-state index is 12.0. The van der Waals surface area contributed by atoms with Crippen LogP contribution in [0.3, 0.4) is 0 Å². The van der Waals surface area contributed by atoms with E-state index in [-0.39, 0.29) is 5.91 Å². The zero-order valence-electron chi connectivity index (χ0n) is 13.5. The van der Waals surface area contributed by atoms with Gasteiger partial charge in [0.15, 0.2) is 6.10 Å². The largest absolute Gasteiger partial charge is 0.449 e. The molecule has 1 atom stereocenters. The molecule has 0 aliphatic carbocycles. The molecule has 0 bridgehead atoms. The summed E-state index contributed by atoms with van der Waals surface area (Å²) in [5.41, 5.74) is 2.63. The van der Waals surface area contributed by atoms with Crippen molar-refractivity contribution in [1.29, 1.82) is 0 Å². The van der Waals surface area contributed by atoms with Gasteiger partial charge in [0, 0.05) is 16.2 Å². The first-order valence-corrected chi connectivity index (χ1v) is 8.25. The van der Waals surface area contributed by atoms with Crippen LogP contribution < -0.4 is 5.32 Å². The zero-order chi connectivity index (χ0) is 17.5. The Balaban J connectivity index is 1.88. The van der Waals surface area contributed by atoms with E-state index in [1.807, 2.05) is 43.3 Å². The molecule has 0 spiro atoms. The van der Waals surface area contributed by atoms with Gasteiger partial charge in [-0.05, 0) is 49.8 Å². The van der Waals surface area contributed by atoms with E-state index in [0.29, 0.717) is 5.69 Å². The van der Waals surface area contributed by atoms with E-state index in [4.69, 9.17) is 4.74 Å². The summed E-state index contributed by atoms with van der Waals surface area (Å²) in [7, 11) is 0. The number of hydrogen-bond donors (Lipinski definition) is 1. The first kappa shape index (κ1) is 17.9. The quantitative estimate of drug-likeness (QED) is 0.613. The minimum Gasteiger partial charge on any atom is -0.449 e. The Morgan fingerprint density at radius 3 is 2.54 bits per heavy atom. The van der Waals surface area contributed by atoms with Gasteiger partial charge in [0.05, 0.1) is 0 Å². The highest BCUT2D eigenvalue weighted by Gasteiger charge is 2.16. The van der Waals surface area contributed by atoms with E-state index >= 15 is 0 Å². The van der Waals surface area contributed by atoms with Crippen LogP contribution in [0, 0.1) is 6.92 Å². The van der Waals surface area contributed by atoms with Gasteiger partial charge in [-0.3, -0.25) is 4.79 Å². The third-order valence-corrected chi connectivity index (χ3v) is 3.74. The van der Waals surface area contributed by atoms with Gasteiger partial charge in [-0.25, -0.2) is 4.79 Å². The molecule has 0 unspecified atom stereocenters. The first-order valence-electron chi connectivity index (χ1n) is 7.46. The summed E-state index contributed by atoms with van der Waals surface area (Å²) in [4.78, 5) is 23.8. The molecule has 124 valence electrons. The van der Waals surface area contributed by atoms with Gasteiger partial charge in [-0.1, -0.05) is 45.8 Å². The fourth-order valence-electron chi connectivity index (χ4n) is 1.92. The lowest BCUT2D eigenvalue weighted by Crippen LogP contribution is -2.29. The highest BCUT2D eigenvalue weighted by atomic mass is 79.9. The molecule has 4 nitrogen and oxygen atoms in total. The highest BCUT2D eigenvalue weighted by Crippen LogP contribution is 2.13. The Bertz CT molecular complexity index is 753. The average molecular weight is 388 g/mol. The van der Waals surface area contributed by atoms with Crippen LogP contribution in [-0.2, 0) is 14.3 Å². The van der Waals surface area contributed by atoms with Crippen molar-refractivity contribution in [2.45, 2.75) is 20.0 Å². The fraction of sp³-hybridized carbons (Fsp3) is 0.158. The Hall–Kier alpha value is -2.40. The molecule has 0 aliphatic heterocycles.